The number of nitriles is 2. The SMILES string of the molecule is N#Cc1cc(NC(=O)C2CCN(c3ccc(F)cc3C#N)CC2)ccc1Br. The number of anilines is 2. The highest BCUT2D eigenvalue weighted by Gasteiger charge is 2.26. The molecule has 0 saturated carbocycles. The second-order valence-corrected chi connectivity index (χ2v) is 7.18. The minimum Gasteiger partial charge on any atom is -0.370 e. The first-order chi connectivity index (χ1) is 13.0. The zero-order valence-corrected chi connectivity index (χ0v) is 16.0. The molecule has 0 bridgehead atoms. The third-order valence-corrected chi connectivity index (χ3v) is 5.33. The molecule has 3 rings (SSSR count). The highest BCUT2D eigenvalue weighted by Crippen LogP contribution is 2.28. The average Bonchev–Trinajstić information content (AvgIpc) is 2.69. The maximum absolute atomic E-state index is 13.3. The number of nitrogens with zero attached hydrogens (tertiary/aromatic N) is 3. The zero-order valence-electron chi connectivity index (χ0n) is 14.4. The summed E-state index contributed by atoms with van der Waals surface area (Å²) in [6.07, 6.45) is 1.27. The first-order valence-electron chi connectivity index (χ1n) is 8.47. The largest absolute Gasteiger partial charge is 0.370 e. The minimum absolute atomic E-state index is 0.0829. The Morgan fingerprint density at radius 3 is 2.48 bits per heavy atom. The summed E-state index contributed by atoms with van der Waals surface area (Å²) in [4.78, 5) is 14.5. The van der Waals surface area contributed by atoms with Gasteiger partial charge in [-0.2, -0.15) is 10.5 Å². The van der Waals surface area contributed by atoms with Crippen LogP contribution in [0.3, 0.4) is 0 Å². The summed E-state index contributed by atoms with van der Waals surface area (Å²) in [5.41, 5.74) is 2.05. The van der Waals surface area contributed by atoms with Crippen molar-refractivity contribution in [3.05, 3.63) is 57.8 Å². The van der Waals surface area contributed by atoms with Gasteiger partial charge in [0.05, 0.1) is 16.8 Å². The highest BCUT2D eigenvalue weighted by molar-refractivity contribution is 9.10. The quantitative estimate of drug-likeness (QED) is 0.797. The van der Waals surface area contributed by atoms with E-state index < -0.39 is 5.82 Å². The van der Waals surface area contributed by atoms with Gasteiger partial charge in [0.15, 0.2) is 0 Å². The predicted octanol–water partition coefficient (Wildman–Crippen LogP) is 4.19. The third-order valence-electron chi connectivity index (χ3n) is 4.64. The Hall–Kier alpha value is -2.90. The van der Waals surface area contributed by atoms with Gasteiger partial charge < -0.3 is 10.2 Å². The van der Waals surface area contributed by atoms with Crippen molar-refractivity contribution in [1.82, 2.24) is 0 Å². The smallest absolute Gasteiger partial charge is 0.227 e. The summed E-state index contributed by atoms with van der Waals surface area (Å²) >= 11 is 3.29. The molecule has 0 spiro atoms. The summed E-state index contributed by atoms with van der Waals surface area (Å²) in [6.45, 7) is 1.23. The Bertz CT molecular complexity index is 955. The number of carbonyl (C=O) groups excluding carboxylic acids is 1. The molecule has 5 nitrogen and oxygen atoms in total. The Morgan fingerprint density at radius 2 is 1.81 bits per heavy atom. The second-order valence-electron chi connectivity index (χ2n) is 6.33. The van der Waals surface area contributed by atoms with Gasteiger partial charge in [0.25, 0.3) is 0 Å². The number of hydrogen-bond acceptors (Lipinski definition) is 4. The Balaban J connectivity index is 1.63. The number of rotatable bonds is 3. The molecule has 0 radical (unpaired) electrons. The van der Waals surface area contributed by atoms with Crippen LogP contribution in [-0.2, 0) is 4.79 Å². The summed E-state index contributed by atoms with van der Waals surface area (Å²) in [7, 11) is 0. The standard InChI is InChI=1S/C20H16BrFN4O/c21-18-3-2-17(10-14(18)11-23)25-20(27)13-5-7-26(8-6-13)19-4-1-16(22)9-15(19)12-24/h1-4,9-10,13H,5-8H2,(H,25,27). The molecule has 0 atom stereocenters. The van der Waals surface area contributed by atoms with Crippen molar-refractivity contribution >= 4 is 33.2 Å². The minimum atomic E-state index is -0.434. The Labute approximate surface area is 165 Å². The fraction of sp³-hybridized carbons (Fsp3) is 0.250. The van der Waals surface area contributed by atoms with Gasteiger partial charge in [-0.1, -0.05) is 0 Å². The van der Waals surface area contributed by atoms with Crippen LogP contribution in [0.15, 0.2) is 40.9 Å². The van der Waals surface area contributed by atoms with Gasteiger partial charge in [0, 0.05) is 29.2 Å². The van der Waals surface area contributed by atoms with Crippen molar-refractivity contribution in [3.63, 3.8) is 0 Å². The van der Waals surface area contributed by atoms with E-state index in [2.05, 4.69) is 27.3 Å². The first-order valence-corrected chi connectivity index (χ1v) is 9.26. The van der Waals surface area contributed by atoms with E-state index in [1.54, 1.807) is 24.3 Å². The molecular formula is C20H16BrFN4O. The van der Waals surface area contributed by atoms with E-state index in [1.165, 1.54) is 12.1 Å². The van der Waals surface area contributed by atoms with E-state index in [0.717, 1.165) is 0 Å². The first kappa shape index (κ1) is 18.9. The zero-order chi connectivity index (χ0) is 19.4. The topological polar surface area (TPSA) is 79.9 Å². The lowest BCUT2D eigenvalue weighted by atomic mass is 9.95. The molecule has 2 aromatic carbocycles. The molecule has 0 aliphatic carbocycles. The molecule has 0 unspecified atom stereocenters. The molecule has 1 amide bonds. The van der Waals surface area contributed by atoms with Crippen LogP contribution in [0.5, 0.6) is 0 Å². The molecule has 1 fully saturated rings. The second kappa shape index (κ2) is 8.20. The van der Waals surface area contributed by atoms with Gasteiger partial charge in [0.2, 0.25) is 5.91 Å². The van der Waals surface area contributed by atoms with E-state index in [1.807, 2.05) is 11.0 Å². The Morgan fingerprint density at radius 1 is 1.11 bits per heavy atom. The number of halogens is 2. The van der Waals surface area contributed by atoms with Crippen molar-refractivity contribution in [3.8, 4) is 12.1 Å². The number of hydrogen-bond donors (Lipinski definition) is 1. The predicted molar refractivity (Wildman–Crippen MR) is 104 cm³/mol. The number of piperidine rings is 1. The highest BCUT2D eigenvalue weighted by atomic mass is 79.9. The van der Waals surface area contributed by atoms with Gasteiger partial charge in [-0.05, 0) is 65.2 Å². The van der Waals surface area contributed by atoms with E-state index in [9.17, 15) is 14.4 Å². The molecule has 1 heterocycles. The van der Waals surface area contributed by atoms with Crippen LogP contribution >= 0.6 is 15.9 Å². The van der Waals surface area contributed by atoms with Crippen molar-refractivity contribution in [1.29, 1.82) is 10.5 Å². The van der Waals surface area contributed by atoms with E-state index in [4.69, 9.17) is 5.26 Å². The maximum atomic E-state index is 13.3. The molecule has 27 heavy (non-hydrogen) atoms. The maximum Gasteiger partial charge on any atom is 0.227 e. The van der Waals surface area contributed by atoms with E-state index >= 15 is 0 Å². The van der Waals surface area contributed by atoms with Crippen LogP contribution in [0.4, 0.5) is 15.8 Å². The molecule has 2 aromatic rings. The molecule has 0 aromatic heterocycles. The molecule has 136 valence electrons. The van der Waals surface area contributed by atoms with Crippen LogP contribution in [-0.4, -0.2) is 19.0 Å². The van der Waals surface area contributed by atoms with Crippen LogP contribution in [0, 0.1) is 34.4 Å². The van der Waals surface area contributed by atoms with Crippen molar-refractivity contribution < 1.29 is 9.18 Å². The van der Waals surface area contributed by atoms with Crippen molar-refractivity contribution in [2.75, 3.05) is 23.3 Å². The van der Waals surface area contributed by atoms with Gasteiger partial charge in [-0.15, -0.1) is 0 Å². The van der Waals surface area contributed by atoms with Gasteiger partial charge in [0.1, 0.15) is 18.0 Å². The van der Waals surface area contributed by atoms with Gasteiger partial charge in [-0.25, -0.2) is 4.39 Å². The van der Waals surface area contributed by atoms with Crippen molar-refractivity contribution in [2.24, 2.45) is 5.92 Å². The summed E-state index contributed by atoms with van der Waals surface area (Å²) in [6, 6.07) is 13.4. The summed E-state index contributed by atoms with van der Waals surface area (Å²) in [5.74, 6) is -0.669. The van der Waals surface area contributed by atoms with Gasteiger partial charge >= 0.3 is 0 Å². The number of carbonyl (C=O) groups is 1. The average molecular weight is 427 g/mol. The Kier molecular flexibility index (Phi) is 5.73. The summed E-state index contributed by atoms with van der Waals surface area (Å²) in [5, 5.41) is 21.2. The van der Waals surface area contributed by atoms with Crippen LogP contribution < -0.4 is 10.2 Å². The molecule has 1 saturated heterocycles. The summed E-state index contributed by atoms with van der Waals surface area (Å²) < 4.78 is 14.0. The van der Waals surface area contributed by atoms with Crippen LogP contribution in [0.1, 0.15) is 24.0 Å². The van der Waals surface area contributed by atoms with Crippen LogP contribution in [0.25, 0.3) is 0 Å². The van der Waals surface area contributed by atoms with E-state index in [-0.39, 0.29) is 11.8 Å². The number of nitrogens with one attached hydrogen (secondary N) is 1. The lowest BCUT2D eigenvalue weighted by Gasteiger charge is -2.33. The molecule has 1 N–H and O–H groups in total. The third kappa shape index (κ3) is 4.27. The fourth-order valence-corrected chi connectivity index (χ4v) is 3.52. The van der Waals surface area contributed by atoms with E-state index in [0.29, 0.717) is 52.9 Å². The number of amides is 1. The normalized spacial score (nSPS) is 14.3. The molecule has 7 heteroatoms. The van der Waals surface area contributed by atoms with Crippen molar-refractivity contribution in [2.45, 2.75) is 12.8 Å². The van der Waals surface area contributed by atoms with Crippen LogP contribution in [0.2, 0.25) is 0 Å². The lowest BCUT2D eigenvalue weighted by Crippen LogP contribution is -2.38. The fourth-order valence-electron chi connectivity index (χ4n) is 3.19. The molecule has 1 aliphatic rings. The lowest BCUT2D eigenvalue weighted by molar-refractivity contribution is -0.120. The monoisotopic (exact) mass is 426 g/mol. The number of benzene rings is 2. The van der Waals surface area contributed by atoms with Gasteiger partial charge in [-0.3, -0.25) is 4.79 Å². The molecular weight excluding hydrogens is 411 g/mol. The molecule has 1 aliphatic heterocycles.